The Kier molecular flexibility index (Phi) is 4.78. The number of aryl methyl sites for hydroxylation is 1. The first-order chi connectivity index (χ1) is 11.9. The van der Waals surface area contributed by atoms with Crippen LogP contribution in [0.3, 0.4) is 0 Å². The smallest absolute Gasteiger partial charge is 0.262 e. The zero-order valence-corrected chi connectivity index (χ0v) is 15.0. The Morgan fingerprint density at radius 2 is 1.92 bits per heavy atom. The van der Waals surface area contributed by atoms with Gasteiger partial charge in [0.1, 0.15) is 5.75 Å². The van der Waals surface area contributed by atoms with Crippen LogP contribution in [-0.2, 0) is 21.4 Å². The number of hydrogen-bond donors (Lipinski definition) is 1. The number of benzene rings is 2. The summed E-state index contributed by atoms with van der Waals surface area (Å²) < 4.78 is 33.0. The number of carbonyl (C=O) groups excluding carboxylic acids is 1. The number of nitrogens with one attached hydrogen (secondary N) is 1. The normalized spacial score (nSPS) is 14.0. The van der Waals surface area contributed by atoms with Crippen molar-refractivity contribution < 1.29 is 17.9 Å². The average molecular weight is 360 g/mol. The maximum absolute atomic E-state index is 13.1. The standard InChI is InChI=1S/C18H20N2O4S/c1-3-20(11-14-7-5-4-6-8-14)25(22,23)17-10-16-15(9-13(17)2)19-18(21)12-24-16/h4-10H,3,11-12H2,1-2H3,(H,19,21). The molecule has 0 saturated heterocycles. The van der Waals surface area contributed by atoms with Crippen molar-refractivity contribution in [3.8, 4) is 5.75 Å². The van der Waals surface area contributed by atoms with Crippen molar-refractivity contribution >= 4 is 21.6 Å². The molecule has 1 aliphatic rings. The molecule has 0 fully saturated rings. The number of rotatable bonds is 5. The van der Waals surface area contributed by atoms with Crippen molar-refractivity contribution in [2.45, 2.75) is 25.3 Å². The third-order valence-electron chi connectivity index (χ3n) is 4.08. The lowest BCUT2D eigenvalue weighted by Gasteiger charge is -2.24. The van der Waals surface area contributed by atoms with E-state index in [-0.39, 0.29) is 17.4 Å². The molecule has 1 amide bonds. The van der Waals surface area contributed by atoms with Crippen LogP contribution in [0.5, 0.6) is 5.75 Å². The Labute approximate surface area is 147 Å². The number of nitrogens with zero attached hydrogens (tertiary/aromatic N) is 1. The molecule has 2 aromatic carbocycles. The summed E-state index contributed by atoms with van der Waals surface area (Å²) in [6.07, 6.45) is 0. The van der Waals surface area contributed by atoms with E-state index in [4.69, 9.17) is 4.74 Å². The Balaban J connectivity index is 1.97. The molecule has 1 aliphatic heterocycles. The largest absolute Gasteiger partial charge is 0.482 e. The van der Waals surface area contributed by atoms with Gasteiger partial charge in [-0.25, -0.2) is 8.42 Å². The van der Waals surface area contributed by atoms with Crippen molar-refractivity contribution in [2.75, 3.05) is 18.5 Å². The highest BCUT2D eigenvalue weighted by Gasteiger charge is 2.28. The summed E-state index contributed by atoms with van der Waals surface area (Å²) in [6.45, 7) is 4.06. The summed E-state index contributed by atoms with van der Waals surface area (Å²) in [7, 11) is -3.69. The second kappa shape index (κ2) is 6.85. The van der Waals surface area contributed by atoms with Gasteiger partial charge in [-0.2, -0.15) is 4.31 Å². The van der Waals surface area contributed by atoms with Crippen LogP contribution in [0.1, 0.15) is 18.1 Å². The molecule has 0 atom stereocenters. The first-order valence-electron chi connectivity index (χ1n) is 8.03. The van der Waals surface area contributed by atoms with Crippen LogP contribution in [0.15, 0.2) is 47.4 Å². The van der Waals surface area contributed by atoms with Gasteiger partial charge in [0.05, 0.1) is 10.6 Å². The summed E-state index contributed by atoms with van der Waals surface area (Å²) in [5, 5.41) is 2.69. The number of anilines is 1. The summed E-state index contributed by atoms with van der Waals surface area (Å²) >= 11 is 0. The maximum atomic E-state index is 13.1. The lowest BCUT2D eigenvalue weighted by atomic mass is 10.2. The fraction of sp³-hybridized carbons (Fsp3) is 0.278. The van der Waals surface area contributed by atoms with Gasteiger partial charge in [0.15, 0.2) is 6.61 Å². The molecule has 0 bridgehead atoms. The monoisotopic (exact) mass is 360 g/mol. The second-order valence-electron chi connectivity index (χ2n) is 5.87. The van der Waals surface area contributed by atoms with E-state index in [0.29, 0.717) is 30.1 Å². The summed E-state index contributed by atoms with van der Waals surface area (Å²) in [5.74, 6) is 0.126. The number of carbonyl (C=O) groups is 1. The molecule has 3 rings (SSSR count). The Hall–Kier alpha value is -2.38. The highest BCUT2D eigenvalue weighted by molar-refractivity contribution is 7.89. The number of ether oxygens (including phenoxy) is 1. The Morgan fingerprint density at radius 1 is 1.20 bits per heavy atom. The molecule has 7 heteroatoms. The van der Waals surface area contributed by atoms with Crippen LogP contribution >= 0.6 is 0 Å². The number of fused-ring (bicyclic) bond motifs is 1. The van der Waals surface area contributed by atoms with E-state index in [1.54, 1.807) is 13.0 Å². The van der Waals surface area contributed by atoms with Crippen molar-refractivity contribution in [2.24, 2.45) is 0 Å². The molecule has 1 N–H and O–H groups in total. The molecule has 25 heavy (non-hydrogen) atoms. The molecule has 132 valence electrons. The summed E-state index contributed by atoms with van der Waals surface area (Å²) in [6, 6.07) is 12.6. The van der Waals surface area contributed by atoms with E-state index in [0.717, 1.165) is 5.56 Å². The Bertz CT molecular complexity index is 895. The van der Waals surface area contributed by atoms with E-state index >= 15 is 0 Å². The minimum Gasteiger partial charge on any atom is -0.482 e. The van der Waals surface area contributed by atoms with Crippen molar-refractivity contribution in [3.63, 3.8) is 0 Å². The molecule has 0 spiro atoms. The van der Waals surface area contributed by atoms with E-state index in [2.05, 4.69) is 5.32 Å². The van der Waals surface area contributed by atoms with Gasteiger partial charge in [-0.3, -0.25) is 4.79 Å². The number of amides is 1. The van der Waals surface area contributed by atoms with E-state index in [9.17, 15) is 13.2 Å². The van der Waals surface area contributed by atoms with Crippen LogP contribution in [0.25, 0.3) is 0 Å². The lowest BCUT2D eigenvalue weighted by molar-refractivity contribution is -0.118. The average Bonchev–Trinajstić information content (AvgIpc) is 2.59. The van der Waals surface area contributed by atoms with Crippen LogP contribution in [-0.4, -0.2) is 31.8 Å². The second-order valence-corrected chi connectivity index (χ2v) is 7.77. The van der Waals surface area contributed by atoms with E-state index in [1.165, 1.54) is 10.4 Å². The maximum Gasteiger partial charge on any atom is 0.262 e. The van der Waals surface area contributed by atoms with Gasteiger partial charge in [-0.1, -0.05) is 37.3 Å². The zero-order valence-electron chi connectivity index (χ0n) is 14.2. The van der Waals surface area contributed by atoms with Crippen molar-refractivity contribution in [1.82, 2.24) is 4.31 Å². The molecule has 0 aromatic heterocycles. The zero-order chi connectivity index (χ0) is 18.0. The predicted molar refractivity (Wildman–Crippen MR) is 95.0 cm³/mol. The van der Waals surface area contributed by atoms with Gasteiger partial charge >= 0.3 is 0 Å². The van der Waals surface area contributed by atoms with Gasteiger partial charge in [-0.15, -0.1) is 0 Å². The molecular weight excluding hydrogens is 340 g/mol. The SMILES string of the molecule is CCN(Cc1ccccc1)S(=O)(=O)c1cc2c(cc1C)NC(=O)CO2. The molecule has 0 saturated carbocycles. The van der Waals surface area contributed by atoms with Gasteiger partial charge < -0.3 is 10.1 Å². The first-order valence-corrected chi connectivity index (χ1v) is 9.47. The predicted octanol–water partition coefficient (Wildman–Crippen LogP) is 2.54. The third kappa shape index (κ3) is 3.52. The minimum absolute atomic E-state index is 0.114. The third-order valence-corrected chi connectivity index (χ3v) is 6.15. The minimum atomic E-state index is -3.69. The Morgan fingerprint density at radius 3 is 2.60 bits per heavy atom. The van der Waals surface area contributed by atoms with Crippen molar-refractivity contribution in [3.05, 3.63) is 53.6 Å². The van der Waals surface area contributed by atoms with Gasteiger partial charge in [0, 0.05) is 19.2 Å². The van der Waals surface area contributed by atoms with Gasteiger partial charge in [0.25, 0.3) is 5.91 Å². The summed E-state index contributed by atoms with van der Waals surface area (Å²) in [5.41, 5.74) is 1.99. The highest BCUT2D eigenvalue weighted by atomic mass is 32.2. The van der Waals surface area contributed by atoms with Crippen LogP contribution < -0.4 is 10.1 Å². The molecule has 0 unspecified atom stereocenters. The van der Waals surface area contributed by atoms with Crippen LogP contribution in [0.4, 0.5) is 5.69 Å². The van der Waals surface area contributed by atoms with E-state index in [1.807, 2.05) is 37.3 Å². The van der Waals surface area contributed by atoms with Crippen LogP contribution in [0, 0.1) is 6.92 Å². The summed E-state index contributed by atoms with van der Waals surface area (Å²) in [4.78, 5) is 11.6. The molecule has 0 aliphatic carbocycles. The fourth-order valence-corrected chi connectivity index (χ4v) is 4.45. The van der Waals surface area contributed by atoms with Gasteiger partial charge in [0.2, 0.25) is 10.0 Å². The topological polar surface area (TPSA) is 75.7 Å². The van der Waals surface area contributed by atoms with E-state index < -0.39 is 10.0 Å². The van der Waals surface area contributed by atoms with Crippen molar-refractivity contribution in [1.29, 1.82) is 0 Å². The van der Waals surface area contributed by atoms with Crippen LogP contribution in [0.2, 0.25) is 0 Å². The fourth-order valence-electron chi connectivity index (χ4n) is 2.79. The van der Waals surface area contributed by atoms with Gasteiger partial charge in [-0.05, 0) is 24.1 Å². The molecule has 0 radical (unpaired) electrons. The lowest BCUT2D eigenvalue weighted by Crippen LogP contribution is -2.31. The molecular formula is C18H20N2O4S. The molecule has 2 aromatic rings. The number of hydrogen-bond acceptors (Lipinski definition) is 4. The molecule has 6 nitrogen and oxygen atoms in total. The number of sulfonamides is 1. The molecule has 1 heterocycles. The first kappa shape index (κ1) is 17.4. The highest BCUT2D eigenvalue weighted by Crippen LogP contribution is 2.34. The quantitative estimate of drug-likeness (QED) is 0.889.